The van der Waals surface area contributed by atoms with E-state index in [-0.39, 0.29) is 26.1 Å². The van der Waals surface area contributed by atoms with Gasteiger partial charge in [-0.15, -0.1) is 0 Å². The molecule has 0 radical (unpaired) electrons. The first kappa shape index (κ1) is 22.4. The molecule has 7 atom stereocenters. The molecule has 3 saturated heterocycles. The summed E-state index contributed by atoms with van der Waals surface area (Å²) in [6.45, 7) is 4.12. The van der Waals surface area contributed by atoms with E-state index in [1.807, 2.05) is 0 Å². The zero-order valence-corrected chi connectivity index (χ0v) is 17.2. The van der Waals surface area contributed by atoms with Crippen molar-refractivity contribution in [2.75, 3.05) is 19.6 Å². The van der Waals surface area contributed by atoms with Gasteiger partial charge in [0.2, 0.25) is 17.7 Å². The molecule has 7 N–H and O–H groups in total. The molecule has 30 heavy (non-hydrogen) atoms. The molecule has 12 heteroatoms. The molecule has 4 amide bonds. The second-order valence-corrected chi connectivity index (χ2v) is 8.77. The van der Waals surface area contributed by atoms with Gasteiger partial charge in [0.25, 0.3) is 5.91 Å². The first-order valence-electron chi connectivity index (χ1n) is 9.78. The standard InChI is InChI=1S/C18H29N5O7/c1-8(24)11(13(19)27)21-5-17(15(21)29)4-18(23(6-17)10(3)26)7-22(16(18)30)12(9(2)25)14(20)28/h8-9,11-12,14,24-25,28H,4-7,20H2,1-3H3,(H2,19,27)/t8-,9-,11+,12+,14?,17?,18?/m1/s1. The number of rotatable bonds is 6. The Hall–Kier alpha value is -2.28. The normalized spacial score (nSPS) is 33.2. The molecule has 0 aromatic rings. The van der Waals surface area contributed by atoms with Crippen LogP contribution < -0.4 is 11.5 Å². The molecule has 3 unspecified atom stereocenters. The lowest BCUT2D eigenvalue weighted by atomic mass is 9.70. The van der Waals surface area contributed by atoms with Crippen LogP contribution in [-0.2, 0) is 19.2 Å². The van der Waals surface area contributed by atoms with Crippen molar-refractivity contribution in [1.29, 1.82) is 0 Å². The van der Waals surface area contributed by atoms with Crippen molar-refractivity contribution < 1.29 is 34.5 Å². The Bertz CT molecular complexity index is 779. The number of β-lactam (4-membered cyclic amide) rings is 2. The summed E-state index contributed by atoms with van der Waals surface area (Å²) < 4.78 is 0. The number of nitrogens with zero attached hydrogens (tertiary/aromatic N) is 3. The Labute approximate surface area is 173 Å². The quantitative estimate of drug-likeness (QED) is 0.209. The summed E-state index contributed by atoms with van der Waals surface area (Å²) in [7, 11) is 0. The largest absolute Gasteiger partial charge is 0.391 e. The van der Waals surface area contributed by atoms with Crippen LogP contribution in [0, 0.1) is 5.41 Å². The van der Waals surface area contributed by atoms with E-state index in [0.29, 0.717) is 0 Å². The number of hydrogen-bond acceptors (Lipinski definition) is 8. The first-order chi connectivity index (χ1) is 13.8. The van der Waals surface area contributed by atoms with Crippen LogP contribution >= 0.6 is 0 Å². The van der Waals surface area contributed by atoms with Crippen molar-refractivity contribution in [2.45, 2.75) is 63.3 Å². The van der Waals surface area contributed by atoms with Crippen molar-refractivity contribution in [3.8, 4) is 0 Å². The van der Waals surface area contributed by atoms with E-state index in [2.05, 4.69) is 0 Å². The van der Waals surface area contributed by atoms with Crippen LogP contribution in [0.25, 0.3) is 0 Å². The lowest BCUT2D eigenvalue weighted by Gasteiger charge is -2.55. The van der Waals surface area contributed by atoms with Crippen LogP contribution in [0.5, 0.6) is 0 Å². The maximum absolute atomic E-state index is 13.1. The third kappa shape index (κ3) is 2.97. The highest BCUT2D eigenvalue weighted by atomic mass is 16.3. The van der Waals surface area contributed by atoms with Crippen LogP contribution in [-0.4, -0.2) is 109 Å². The predicted molar refractivity (Wildman–Crippen MR) is 101 cm³/mol. The van der Waals surface area contributed by atoms with Crippen molar-refractivity contribution in [3.63, 3.8) is 0 Å². The maximum atomic E-state index is 13.1. The van der Waals surface area contributed by atoms with Gasteiger partial charge >= 0.3 is 0 Å². The molecule has 12 nitrogen and oxygen atoms in total. The molecule has 0 aliphatic carbocycles. The summed E-state index contributed by atoms with van der Waals surface area (Å²) in [5, 5.41) is 29.5. The lowest BCUT2D eigenvalue weighted by Crippen LogP contribution is -2.77. The monoisotopic (exact) mass is 427 g/mol. The molecule has 3 rings (SSSR count). The average Bonchev–Trinajstić information content (AvgIpc) is 2.99. The molecule has 0 aromatic heterocycles. The number of likely N-dealkylation sites (tertiary alicyclic amines) is 3. The Kier molecular flexibility index (Phi) is 5.34. The minimum atomic E-state index is -1.48. The van der Waals surface area contributed by atoms with E-state index in [4.69, 9.17) is 11.5 Å². The highest BCUT2D eigenvalue weighted by molar-refractivity contribution is 6.02. The van der Waals surface area contributed by atoms with Crippen LogP contribution in [0.1, 0.15) is 27.2 Å². The van der Waals surface area contributed by atoms with Crippen LogP contribution in [0.3, 0.4) is 0 Å². The van der Waals surface area contributed by atoms with Crippen molar-refractivity contribution in [3.05, 3.63) is 0 Å². The average molecular weight is 427 g/mol. The van der Waals surface area contributed by atoms with Gasteiger partial charge in [-0.3, -0.25) is 19.2 Å². The van der Waals surface area contributed by atoms with E-state index in [1.54, 1.807) is 0 Å². The number of aliphatic hydroxyl groups excluding tert-OH is 3. The number of hydrogen-bond donors (Lipinski definition) is 5. The Balaban J connectivity index is 1.85. The summed E-state index contributed by atoms with van der Waals surface area (Å²) >= 11 is 0. The third-order valence-electron chi connectivity index (χ3n) is 6.56. The number of carbonyl (C=O) groups is 4. The number of aliphatic hydroxyl groups is 3. The summed E-state index contributed by atoms with van der Waals surface area (Å²) in [5.74, 6) is -2.19. The van der Waals surface area contributed by atoms with Crippen LogP contribution in [0.4, 0.5) is 0 Å². The van der Waals surface area contributed by atoms with E-state index in [0.717, 1.165) is 0 Å². The fourth-order valence-electron chi connectivity index (χ4n) is 5.28. The second kappa shape index (κ2) is 7.15. The van der Waals surface area contributed by atoms with Gasteiger partial charge < -0.3 is 41.5 Å². The summed E-state index contributed by atoms with van der Waals surface area (Å²) in [5.41, 5.74) is 8.49. The molecular formula is C18H29N5O7. The number of primary amides is 1. The minimum Gasteiger partial charge on any atom is -0.391 e. The minimum absolute atomic E-state index is 0.00688. The predicted octanol–water partition coefficient (Wildman–Crippen LogP) is -4.09. The van der Waals surface area contributed by atoms with Gasteiger partial charge in [-0.1, -0.05) is 0 Å². The Morgan fingerprint density at radius 3 is 1.97 bits per heavy atom. The van der Waals surface area contributed by atoms with Crippen molar-refractivity contribution in [1.82, 2.24) is 14.7 Å². The number of nitrogens with two attached hydrogens (primary N) is 2. The van der Waals surface area contributed by atoms with Crippen molar-refractivity contribution in [2.24, 2.45) is 16.9 Å². The van der Waals surface area contributed by atoms with Gasteiger partial charge in [0.1, 0.15) is 17.8 Å². The number of carbonyl (C=O) groups excluding carboxylic acids is 4. The fourth-order valence-corrected chi connectivity index (χ4v) is 5.28. The number of amides is 4. The Morgan fingerprint density at radius 1 is 1.00 bits per heavy atom. The van der Waals surface area contributed by atoms with Gasteiger partial charge in [0.05, 0.1) is 30.2 Å². The van der Waals surface area contributed by atoms with Gasteiger partial charge in [-0.05, 0) is 20.3 Å². The molecule has 3 heterocycles. The second-order valence-electron chi connectivity index (χ2n) is 8.77. The molecular weight excluding hydrogens is 398 g/mol. The van der Waals surface area contributed by atoms with E-state index in [9.17, 15) is 34.5 Å². The zero-order chi connectivity index (χ0) is 22.8. The summed E-state index contributed by atoms with van der Waals surface area (Å²) in [6, 6.07) is -2.23. The molecule has 0 saturated carbocycles. The highest BCUT2D eigenvalue weighted by Gasteiger charge is 2.72. The zero-order valence-electron chi connectivity index (χ0n) is 17.2. The molecule has 3 aliphatic heterocycles. The molecule has 3 aliphatic rings. The van der Waals surface area contributed by atoms with E-state index < -0.39 is 65.1 Å². The smallest absolute Gasteiger partial charge is 0.251 e. The fraction of sp³-hybridized carbons (Fsp3) is 0.778. The van der Waals surface area contributed by atoms with Crippen LogP contribution in [0.15, 0.2) is 0 Å². The van der Waals surface area contributed by atoms with Gasteiger partial charge in [-0.2, -0.15) is 0 Å². The highest BCUT2D eigenvalue weighted by Crippen LogP contribution is 2.53. The molecule has 0 aromatic carbocycles. The third-order valence-corrected chi connectivity index (χ3v) is 6.56. The maximum Gasteiger partial charge on any atom is 0.251 e. The summed E-state index contributed by atoms with van der Waals surface area (Å²) in [4.78, 5) is 53.9. The van der Waals surface area contributed by atoms with Crippen LogP contribution in [0.2, 0.25) is 0 Å². The summed E-state index contributed by atoms with van der Waals surface area (Å²) in [6.07, 6.45) is -3.70. The molecule has 0 bridgehead atoms. The SMILES string of the molecule is CC(=O)N1CC2(CN([C@H](C(N)=O)[C@@H](C)O)C2=O)CC12CN([C@H](C(N)O)[C@@H](C)O)C2=O. The lowest BCUT2D eigenvalue weighted by molar-refractivity contribution is -0.179. The van der Waals surface area contributed by atoms with Crippen molar-refractivity contribution >= 4 is 23.6 Å². The molecule has 3 fully saturated rings. The van der Waals surface area contributed by atoms with Gasteiger partial charge in [-0.25, -0.2) is 0 Å². The molecule has 168 valence electrons. The van der Waals surface area contributed by atoms with E-state index in [1.165, 1.54) is 35.5 Å². The Morgan fingerprint density at radius 2 is 1.60 bits per heavy atom. The van der Waals surface area contributed by atoms with Gasteiger partial charge in [0.15, 0.2) is 0 Å². The topological polar surface area (TPSA) is 191 Å². The first-order valence-corrected chi connectivity index (χ1v) is 9.78. The van der Waals surface area contributed by atoms with Gasteiger partial charge in [0, 0.05) is 20.0 Å². The van der Waals surface area contributed by atoms with E-state index >= 15 is 0 Å². The molecule has 2 spiro atoms.